The van der Waals surface area contributed by atoms with Gasteiger partial charge in [-0.25, -0.2) is 0 Å². The molecule has 1 saturated carbocycles. The van der Waals surface area contributed by atoms with Crippen molar-refractivity contribution in [3.8, 4) is 0 Å². The van der Waals surface area contributed by atoms with Crippen molar-refractivity contribution < 1.29 is 5.11 Å². The Hall–Kier alpha value is -1.16. The second-order valence-corrected chi connectivity index (χ2v) is 5.55. The Labute approximate surface area is 117 Å². The van der Waals surface area contributed by atoms with E-state index in [-0.39, 0.29) is 12.1 Å². The molecule has 2 aromatic rings. The van der Waals surface area contributed by atoms with E-state index in [4.69, 9.17) is 11.6 Å². The summed E-state index contributed by atoms with van der Waals surface area (Å²) in [6.07, 6.45) is 4.66. The minimum absolute atomic E-state index is 0.206. The van der Waals surface area contributed by atoms with E-state index in [1.807, 2.05) is 24.3 Å². The molecule has 1 aromatic heterocycles. The van der Waals surface area contributed by atoms with E-state index in [9.17, 15) is 5.11 Å². The first kappa shape index (κ1) is 12.9. The topological polar surface area (TPSA) is 45.1 Å². The number of benzene rings is 1. The normalized spacial score (nSPS) is 23.1. The van der Waals surface area contributed by atoms with Crippen LogP contribution in [-0.2, 0) is 6.54 Å². The van der Waals surface area contributed by atoms with E-state index in [0.29, 0.717) is 5.02 Å². The lowest BCUT2D eigenvalue weighted by atomic mass is 10.1. The average Bonchev–Trinajstić information content (AvgIpc) is 2.81. The second-order valence-electron chi connectivity index (χ2n) is 5.12. The molecule has 2 N–H and O–H groups in total. The quantitative estimate of drug-likeness (QED) is 0.906. The highest BCUT2D eigenvalue weighted by Crippen LogP contribution is 2.22. The van der Waals surface area contributed by atoms with Gasteiger partial charge in [0.2, 0.25) is 0 Å². The van der Waals surface area contributed by atoms with Crippen LogP contribution in [0.2, 0.25) is 5.02 Å². The van der Waals surface area contributed by atoms with Crippen molar-refractivity contribution in [2.45, 2.75) is 38.0 Å². The molecule has 3 nitrogen and oxygen atoms in total. The van der Waals surface area contributed by atoms with Crippen LogP contribution in [0, 0.1) is 0 Å². The van der Waals surface area contributed by atoms with Gasteiger partial charge in [0.1, 0.15) is 0 Å². The molecule has 3 rings (SSSR count). The molecule has 1 aliphatic carbocycles. The number of fused-ring (bicyclic) bond motifs is 1. The smallest absolute Gasteiger partial charge is 0.0720 e. The zero-order chi connectivity index (χ0) is 13.2. The number of aliphatic hydroxyl groups is 1. The maximum Gasteiger partial charge on any atom is 0.0720 e. The van der Waals surface area contributed by atoms with Crippen molar-refractivity contribution in [1.29, 1.82) is 0 Å². The largest absolute Gasteiger partial charge is 0.392 e. The van der Waals surface area contributed by atoms with Gasteiger partial charge in [-0.05, 0) is 43.0 Å². The van der Waals surface area contributed by atoms with Gasteiger partial charge in [-0.2, -0.15) is 0 Å². The molecular weight excluding hydrogens is 260 g/mol. The van der Waals surface area contributed by atoms with E-state index < -0.39 is 0 Å². The number of rotatable bonds is 3. The lowest BCUT2D eigenvalue weighted by Gasteiger charge is -2.17. The molecule has 19 heavy (non-hydrogen) atoms. The third-order valence-corrected chi connectivity index (χ3v) is 4.06. The van der Waals surface area contributed by atoms with Crippen molar-refractivity contribution in [1.82, 2.24) is 10.3 Å². The summed E-state index contributed by atoms with van der Waals surface area (Å²) in [5.74, 6) is 0. The van der Waals surface area contributed by atoms with Crippen LogP contribution in [0.3, 0.4) is 0 Å². The first-order chi connectivity index (χ1) is 9.24. The molecule has 0 aliphatic heterocycles. The molecule has 4 heteroatoms. The van der Waals surface area contributed by atoms with Gasteiger partial charge >= 0.3 is 0 Å². The minimum Gasteiger partial charge on any atom is -0.392 e. The number of aliphatic hydroxyl groups excluding tert-OH is 1. The van der Waals surface area contributed by atoms with Gasteiger partial charge in [0.15, 0.2) is 0 Å². The molecule has 0 bridgehead atoms. The first-order valence-corrected chi connectivity index (χ1v) is 7.06. The molecular formula is C15H17ClN2O. The highest BCUT2D eigenvalue weighted by molar-refractivity contribution is 6.31. The fourth-order valence-corrected chi connectivity index (χ4v) is 2.92. The number of pyridine rings is 1. The Balaban J connectivity index is 1.81. The van der Waals surface area contributed by atoms with E-state index in [1.54, 1.807) is 6.20 Å². The van der Waals surface area contributed by atoms with Gasteiger partial charge in [0.25, 0.3) is 0 Å². The summed E-state index contributed by atoms with van der Waals surface area (Å²) in [6, 6.07) is 8.01. The van der Waals surface area contributed by atoms with E-state index >= 15 is 0 Å². The molecule has 0 unspecified atom stereocenters. The number of hydrogen-bond acceptors (Lipinski definition) is 3. The minimum atomic E-state index is -0.206. The van der Waals surface area contributed by atoms with Crippen LogP contribution < -0.4 is 5.32 Å². The summed E-state index contributed by atoms with van der Waals surface area (Å²) in [5, 5.41) is 15.1. The van der Waals surface area contributed by atoms with Crippen LogP contribution in [-0.4, -0.2) is 22.2 Å². The zero-order valence-corrected chi connectivity index (χ0v) is 11.4. The number of nitrogens with one attached hydrogen (secondary N) is 1. The van der Waals surface area contributed by atoms with Gasteiger partial charge in [-0.3, -0.25) is 4.98 Å². The van der Waals surface area contributed by atoms with Crippen LogP contribution >= 0.6 is 11.6 Å². The number of aromatic nitrogens is 1. The summed E-state index contributed by atoms with van der Waals surface area (Å²) in [4.78, 5) is 4.34. The Kier molecular flexibility index (Phi) is 3.69. The monoisotopic (exact) mass is 276 g/mol. The Morgan fingerprint density at radius 2 is 2.21 bits per heavy atom. The molecule has 0 spiro atoms. The van der Waals surface area contributed by atoms with Crippen LogP contribution in [0.5, 0.6) is 0 Å². The van der Waals surface area contributed by atoms with Gasteiger partial charge in [-0.15, -0.1) is 0 Å². The van der Waals surface area contributed by atoms with Crippen molar-refractivity contribution >= 4 is 22.5 Å². The van der Waals surface area contributed by atoms with E-state index in [1.165, 1.54) is 5.56 Å². The lowest BCUT2D eigenvalue weighted by Crippen LogP contribution is -2.35. The Bertz CT molecular complexity index is 587. The van der Waals surface area contributed by atoms with Crippen LogP contribution in [0.25, 0.3) is 10.9 Å². The van der Waals surface area contributed by atoms with Crippen molar-refractivity contribution in [2.75, 3.05) is 0 Å². The fourth-order valence-electron chi connectivity index (χ4n) is 2.75. The third-order valence-electron chi connectivity index (χ3n) is 3.83. The van der Waals surface area contributed by atoms with E-state index in [0.717, 1.165) is 36.7 Å². The molecule has 2 atom stereocenters. The molecule has 1 fully saturated rings. The molecule has 0 saturated heterocycles. The standard InChI is InChI=1S/C15H17ClN2O/c16-11-4-5-12-10(6-7-17-14(12)8-11)9-18-13-2-1-3-15(13)19/h4-8,13,15,18-19H,1-3,9H2/t13-,15+/m1/s1. The Morgan fingerprint density at radius 3 is 3.00 bits per heavy atom. The number of hydrogen-bond donors (Lipinski definition) is 2. The number of halogens is 1. The van der Waals surface area contributed by atoms with Crippen LogP contribution in [0.15, 0.2) is 30.5 Å². The van der Waals surface area contributed by atoms with E-state index in [2.05, 4.69) is 10.3 Å². The first-order valence-electron chi connectivity index (χ1n) is 6.68. The summed E-state index contributed by atoms with van der Waals surface area (Å²) in [5.41, 5.74) is 2.11. The lowest BCUT2D eigenvalue weighted by molar-refractivity contribution is 0.148. The summed E-state index contributed by atoms with van der Waals surface area (Å²) < 4.78 is 0. The van der Waals surface area contributed by atoms with Crippen molar-refractivity contribution in [3.63, 3.8) is 0 Å². The molecule has 0 amide bonds. The molecule has 100 valence electrons. The van der Waals surface area contributed by atoms with Gasteiger partial charge in [-0.1, -0.05) is 17.7 Å². The highest BCUT2D eigenvalue weighted by Gasteiger charge is 2.24. The Morgan fingerprint density at radius 1 is 1.32 bits per heavy atom. The maximum absolute atomic E-state index is 9.82. The van der Waals surface area contributed by atoms with Gasteiger partial charge in [0.05, 0.1) is 11.6 Å². The zero-order valence-electron chi connectivity index (χ0n) is 10.6. The molecule has 1 aliphatic rings. The average molecular weight is 277 g/mol. The van der Waals surface area contributed by atoms with Crippen molar-refractivity contribution in [3.05, 3.63) is 41.0 Å². The highest BCUT2D eigenvalue weighted by atomic mass is 35.5. The number of nitrogens with zero attached hydrogens (tertiary/aromatic N) is 1. The third kappa shape index (κ3) is 2.73. The fraction of sp³-hybridized carbons (Fsp3) is 0.400. The second kappa shape index (κ2) is 5.45. The van der Waals surface area contributed by atoms with Crippen LogP contribution in [0.1, 0.15) is 24.8 Å². The maximum atomic E-state index is 9.82. The summed E-state index contributed by atoms with van der Waals surface area (Å²) in [6.45, 7) is 0.752. The molecule has 1 aromatic carbocycles. The van der Waals surface area contributed by atoms with Gasteiger partial charge < -0.3 is 10.4 Å². The van der Waals surface area contributed by atoms with Gasteiger partial charge in [0, 0.05) is 29.2 Å². The molecule has 1 heterocycles. The van der Waals surface area contributed by atoms with Crippen molar-refractivity contribution in [2.24, 2.45) is 0 Å². The summed E-state index contributed by atoms with van der Waals surface area (Å²) >= 11 is 5.98. The molecule has 0 radical (unpaired) electrons. The predicted molar refractivity (Wildman–Crippen MR) is 77.2 cm³/mol. The predicted octanol–water partition coefficient (Wildman–Crippen LogP) is 2.89. The SMILES string of the molecule is O[C@H]1CCC[C@H]1NCc1ccnc2cc(Cl)ccc12. The summed E-state index contributed by atoms with van der Waals surface area (Å²) in [7, 11) is 0. The van der Waals surface area contributed by atoms with Crippen LogP contribution in [0.4, 0.5) is 0 Å².